The van der Waals surface area contributed by atoms with E-state index in [2.05, 4.69) is 15.2 Å². The van der Waals surface area contributed by atoms with E-state index < -0.39 is 0 Å². The molecule has 1 unspecified atom stereocenters. The van der Waals surface area contributed by atoms with Crippen molar-refractivity contribution >= 4 is 0 Å². The summed E-state index contributed by atoms with van der Waals surface area (Å²) in [5, 5.41) is 6.78. The minimum absolute atomic E-state index is 0.129. The Morgan fingerprint density at radius 3 is 2.75 bits per heavy atom. The van der Waals surface area contributed by atoms with E-state index in [1.807, 2.05) is 56.4 Å². The molecule has 0 bridgehead atoms. The minimum Gasteiger partial charge on any atom is -0.497 e. The van der Waals surface area contributed by atoms with Crippen molar-refractivity contribution in [3.63, 3.8) is 0 Å². The van der Waals surface area contributed by atoms with Crippen molar-refractivity contribution in [1.29, 1.82) is 0 Å². The first kappa shape index (κ1) is 17.8. The van der Waals surface area contributed by atoms with Gasteiger partial charge >= 0.3 is 5.69 Å². The number of aromatic amines is 1. The molecule has 0 amide bonds. The fourth-order valence-electron chi connectivity index (χ4n) is 3.31. The third-order valence-electron chi connectivity index (χ3n) is 4.92. The quantitative estimate of drug-likeness (QED) is 0.580. The van der Waals surface area contributed by atoms with Gasteiger partial charge in [0.25, 0.3) is 0 Å². The summed E-state index contributed by atoms with van der Waals surface area (Å²) in [6, 6.07) is 11.4. The summed E-state index contributed by atoms with van der Waals surface area (Å²) < 4.78 is 8.54. The third-order valence-corrected chi connectivity index (χ3v) is 4.92. The molecule has 0 aliphatic heterocycles. The van der Waals surface area contributed by atoms with Crippen molar-refractivity contribution in [2.24, 2.45) is 0 Å². The zero-order valence-electron chi connectivity index (χ0n) is 16.0. The van der Waals surface area contributed by atoms with Crippen LogP contribution in [0.4, 0.5) is 0 Å². The van der Waals surface area contributed by atoms with Gasteiger partial charge in [-0.05, 0) is 43.7 Å². The Morgan fingerprint density at radius 1 is 1.18 bits per heavy atom. The molecule has 0 aliphatic carbocycles. The number of nitrogens with one attached hydrogen (secondary N) is 1. The van der Waals surface area contributed by atoms with Gasteiger partial charge in [0.2, 0.25) is 0 Å². The highest BCUT2D eigenvalue weighted by Crippen LogP contribution is 2.23. The molecule has 0 aliphatic rings. The molecule has 0 saturated heterocycles. The molecule has 0 fully saturated rings. The first-order valence-corrected chi connectivity index (χ1v) is 8.99. The van der Waals surface area contributed by atoms with Gasteiger partial charge in [0.05, 0.1) is 19.3 Å². The molecule has 28 heavy (non-hydrogen) atoms. The largest absolute Gasteiger partial charge is 0.497 e. The number of hydrogen-bond donors (Lipinski definition) is 1. The first-order chi connectivity index (χ1) is 13.6. The highest BCUT2D eigenvalue weighted by atomic mass is 16.5. The van der Waals surface area contributed by atoms with Gasteiger partial charge in [0.15, 0.2) is 0 Å². The fraction of sp³-hybridized carbons (Fsp3) is 0.190. The normalized spacial score (nSPS) is 12.1. The lowest BCUT2D eigenvalue weighted by Gasteiger charge is -2.14. The molecule has 142 valence electrons. The van der Waals surface area contributed by atoms with Crippen molar-refractivity contribution in [3.05, 3.63) is 82.9 Å². The Kier molecular flexibility index (Phi) is 4.57. The average Bonchev–Trinajstić information content (AvgIpc) is 3.37. The Bertz CT molecular complexity index is 1160. The van der Waals surface area contributed by atoms with Crippen LogP contribution in [0.1, 0.15) is 24.2 Å². The number of imidazole rings is 1. The summed E-state index contributed by atoms with van der Waals surface area (Å²) in [6.07, 6.45) is 7.11. The van der Waals surface area contributed by atoms with E-state index in [0.29, 0.717) is 5.82 Å². The van der Waals surface area contributed by atoms with Crippen LogP contribution in [0.25, 0.3) is 16.9 Å². The monoisotopic (exact) mass is 375 g/mol. The molecular weight excluding hydrogens is 354 g/mol. The molecule has 0 radical (unpaired) electrons. The number of ether oxygens (including phenoxy) is 1. The minimum atomic E-state index is -0.140. The van der Waals surface area contributed by atoms with Gasteiger partial charge in [-0.1, -0.05) is 12.1 Å². The summed E-state index contributed by atoms with van der Waals surface area (Å²) in [7, 11) is 1.63. The van der Waals surface area contributed by atoms with Crippen LogP contribution in [-0.4, -0.2) is 31.4 Å². The van der Waals surface area contributed by atoms with Crippen LogP contribution in [0.5, 0.6) is 5.75 Å². The fourth-order valence-corrected chi connectivity index (χ4v) is 3.31. The SMILES string of the molecule is COc1cccc(C(C)n2ccn(-c3ccc(-c4cn[nH]c4)c(C)n3)c2=O)c1. The van der Waals surface area contributed by atoms with Gasteiger partial charge in [0, 0.05) is 35.4 Å². The van der Waals surface area contributed by atoms with Crippen LogP contribution in [0.15, 0.2) is 66.0 Å². The van der Waals surface area contributed by atoms with Gasteiger partial charge in [-0.2, -0.15) is 5.10 Å². The van der Waals surface area contributed by atoms with Gasteiger partial charge in [-0.25, -0.2) is 9.78 Å². The van der Waals surface area contributed by atoms with E-state index in [-0.39, 0.29) is 11.7 Å². The number of aryl methyl sites for hydroxylation is 1. The molecule has 3 aromatic heterocycles. The first-order valence-electron chi connectivity index (χ1n) is 8.99. The maximum atomic E-state index is 13.0. The van der Waals surface area contributed by atoms with Crippen molar-refractivity contribution < 1.29 is 4.74 Å². The number of hydrogen-bond acceptors (Lipinski definition) is 4. The third kappa shape index (κ3) is 3.11. The molecule has 7 heteroatoms. The average molecular weight is 375 g/mol. The zero-order valence-corrected chi connectivity index (χ0v) is 16.0. The molecule has 0 spiro atoms. The number of methoxy groups -OCH3 is 1. The zero-order chi connectivity index (χ0) is 19.7. The number of benzene rings is 1. The van der Waals surface area contributed by atoms with E-state index in [4.69, 9.17) is 4.74 Å². The lowest BCUT2D eigenvalue weighted by atomic mass is 10.1. The van der Waals surface area contributed by atoms with Crippen molar-refractivity contribution in [2.75, 3.05) is 7.11 Å². The Labute approximate surface area is 162 Å². The van der Waals surface area contributed by atoms with Crippen molar-refractivity contribution in [2.45, 2.75) is 19.9 Å². The van der Waals surface area contributed by atoms with E-state index in [1.165, 1.54) is 0 Å². The van der Waals surface area contributed by atoms with Crippen LogP contribution < -0.4 is 10.4 Å². The van der Waals surface area contributed by atoms with Gasteiger partial charge < -0.3 is 4.74 Å². The van der Waals surface area contributed by atoms with Gasteiger partial charge in [-0.15, -0.1) is 0 Å². The number of H-pyrrole nitrogens is 1. The van der Waals surface area contributed by atoms with Gasteiger partial charge in [0.1, 0.15) is 11.6 Å². The molecule has 1 atom stereocenters. The summed E-state index contributed by atoms with van der Waals surface area (Å²) >= 11 is 0. The van der Waals surface area contributed by atoms with E-state index >= 15 is 0 Å². The van der Waals surface area contributed by atoms with E-state index in [9.17, 15) is 4.79 Å². The topological polar surface area (TPSA) is 77.7 Å². The van der Waals surface area contributed by atoms with Crippen molar-refractivity contribution in [1.82, 2.24) is 24.3 Å². The number of rotatable bonds is 5. The predicted octanol–water partition coefficient (Wildman–Crippen LogP) is 3.35. The Morgan fingerprint density at radius 2 is 2.04 bits per heavy atom. The highest BCUT2D eigenvalue weighted by Gasteiger charge is 2.15. The second-order valence-corrected chi connectivity index (χ2v) is 6.60. The smallest absolute Gasteiger partial charge is 0.334 e. The molecule has 1 N–H and O–H groups in total. The Balaban J connectivity index is 1.69. The molecule has 4 aromatic rings. The lowest BCUT2D eigenvalue weighted by molar-refractivity contribution is 0.413. The van der Waals surface area contributed by atoms with Crippen LogP contribution in [0, 0.1) is 6.92 Å². The summed E-state index contributed by atoms with van der Waals surface area (Å²) in [5.74, 6) is 1.36. The van der Waals surface area contributed by atoms with E-state index in [0.717, 1.165) is 28.1 Å². The van der Waals surface area contributed by atoms with E-state index in [1.54, 1.807) is 34.8 Å². The lowest BCUT2D eigenvalue weighted by Crippen LogP contribution is -2.26. The summed E-state index contributed by atoms with van der Waals surface area (Å²) in [6.45, 7) is 3.91. The van der Waals surface area contributed by atoms with Crippen LogP contribution in [0.2, 0.25) is 0 Å². The maximum Gasteiger partial charge on any atom is 0.334 e. The molecular formula is C21H21N5O2. The molecule has 4 rings (SSSR count). The standard InChI is InChI=1S/C21H21N5O2/c1-14-19(17-12-22-23-13-17)7-8-20(24-14)26-10-9-25(21(26)27)15(2)16-5-4-6-18(11-16)28-3/h4-13,15H,1-3H3,(H,22,23). The number of pyridine rings is 1. The van der Waals surface area contributed by atoms with Crippen LogP contribution in [-0.2, 0) is 0 Å². The van der Waals surface area contributed by atoms with Gasteiger partial charge in [-0.3, -0.25) is 14.2 Å². The molecule has 3 heterocycles. The van der Waals surface area contributed by atoms with Crippen molar-refractivity contribution in [3.8, 4) is 22.7 Å². The number of aromatic nitrogens is 5. The number of nitrogens with zero attached hydrogens (tertiary/aromatic N) is 4. The maximum absolute atomic E-state index is 13.0. The second kappa shape index (κ2) is 7.19. The Hall–Kier alpha value is -3.61. The molecule has 1 aromatic carbocycles. The molecule has 0 saturated carbocycles. The second-order valence-electron chi connectivity index (χ2n) is 6.60. The highest BCUT2D eigenvalue weighted by molar-refractivity contribution is 5.64. The molecule has 7 nitrogen and oxygen atoms in total. The van der Waals surface area contributed by atoms with Crippen LogP contribution in [0.3, 0.4) is 0 Å². The van der Waals surface area contributed by atoms with Crippen LogP contribution >= 0.6 is 0 Å². The summed E-state index contributed by atoms with van der Waals surface area (Å²) in [4.78, 5) is 17.6. The summed E-state index contributed by atoms with van der Waals surface area (Å²) in [5.41, 5.74) is 3.64. The predicted molar refractivity (Wildman–Crippen MR) is 107 cm³/mol.